The van der Waals surface area contributed by atoms with Gasteiger partial charge in [0, 0.05) is 11.4 Å². The second-order valence-electron chi connectivity index (χ2n) is 5.88. The Morgan fingerprint density at radius 3 is 2.70 bits per heavy atom. The van der Waals surface area contributed by atoms with Crippen molar-refractivity contribution < 1.29 is 23.5 Å². The summed E-state index contributed by atoms with van der Waals surface area (Å²) in [6.45, 7) is 3.64. The molecule has 3 aromatic heterocycles. The number of esters is 1. The van der Waals surface area contributed by atoms with E-state index in [2.05, 4.69) is 5.32 Å². The smallest absolute Gasteiger partial charge is 0.340 e. The van der Waals surface area contributed by atoms with E-state index in [9.17, 15) is 14.4 Å². The van der Waals surface area contributed by atoms with Crippen molar-refractivity contribution >= 4 is 29.1 Å². The number of nitrogens with zero attached hydrogens (tertiary/aromatic N) is 1. The average Bonchev–Trinajstić information content (AvgIpc) is 3.38. The Morgan fingerprint density at radius 1 is 1.22 bits per heavy atom. The number of thiophene rings is 1. The van der Waals surface area contributed by atoms with Crippen LogP contribution < -0.4 is 5.32 Å². The lowest BCUT2D eigenvalue weighted by Gasteiger charge is -2.08. The van der Waals surface area contributed by atoms with Crippen molar-refractivity contribution in [1.29, 1.82) is 0 Å². The van der Waals surface area contributed by atoms with Crippen LogP contribution in [0.1, 0.15) is 37.2 Å². The second kappa shape index (κ2) is 8.05. The average molecular weight is 386 g/mol. The van der Waals surface area contributed by atoms with Crippen molar-refractivity contribution in [2.24, 2.45) is 0 Å². The molecular formula is C19H18N2O5S. The molecule has 0 aliphatic carbocycles. The normalized spacial score (nSPS) is 10.6. The van der Waals surface area contributed by atoms with Gasteiger partial charge in [-0.1, -0.05) is 6.07 Å². The van der Waals surface area contributed by atoms with Crippen molar-refractivity contribution in [3.05, 3.63) is 69.6 Å². The van der Waals surface area contributed by atoms with Gasteiger partial charge < -0.3 is 13.7 Å². The molecule has 0 aliphatic heterocycles. The molecule has 27 heavy (non-hydrogen) atoms. The molecule has 0 spiro atoms. The molecular weight excluding hydrogens is 368 g/mol. The van der Waals surface area contributed by atoms with Crippen LogP contribution in [0, 0.1) is 13.8 Å². The van der Waals surface area contributed by atoms with Gasteiger partial charge in [0.05, 0.1) is 23.2 Å². The topological polar surface area (TPSA) is 90.5 Å². The number of imide groups is 1. The molecule has 0 saturated heterocycles. The molecule has 0 radical (unpaired) electrons. The summed E-state index contributed by atoms with van der Waals surface area (Å²) >= 11 is 1.22. The molecule has 3 heterocycles. The summed E-state index contributed by atoms with van der Waals surface area (Å²) in [5.74, 6) is -1.04. The highest BCUT2D eigenvalue weighted by Gasteiger charge is 2.19. The third kappa shape index (κ3) is 4.35. The van der Waals surface area contributed by atoms with Gasteiger partial charge >= 0.3 is 5.97 Å². The molecule has 0 atom stereocenters. The van der Waals surface area contributed by atoms with E-state index in [0.29, 0.717) is 22.7 Å². The number of aryl methyl sites for hydroxylation is 1. The predicted octanol–water partition coefficient (Wildman–Crippen LogP) is 2.92. The van der Waals surface area contributed by atoms with E-state index in [1.54, 1.807) is 42.8 Å². The Morgan fingerprint density at radius 2 is 2.04 bits per heavy atom. The fourth-order valence-corrected chi connectivity index (χ4v) is 3.27. The molecule has 8 heteroatoms. The minimum absolute atomic E-state index is 0.372. The van der Waals surface area contributed by atoms with Crippen molar-refractivity contribution in [2.45, 2.75) is 20.4 Å². The highest BCUT2D eigenvalue weighted by atomic mass is 32.1. The zero-order valence-electron chi connectivity index (χ0n) is 14.9. The third-order valence-corrected chi connectivity index (χ3v) is 4.89. The summed E-state index contributed by atoms with van der Waals surface area (Å²) in [5.41, 5.74) is 1.95. The highest BCUT2D eigenvalue weighted by Crippen LogP contribution is 2.18. The standard InChI is InChI=1S/C19H18N2O5S/c1-12-9-15(13(2)21(12)10-14-5-3-7-25-14)19(24)26-11-17(22)20-18(23)16-6-4-8-27-16/h3-9H,10-11H2,1-2H3,(H,20,22,23). The van der Waals surface area contributed by atoms with Crippen LogP contribution in [-0.4, -0.2) is 29.0 Å². The van der Waals surface area contributed by atoms with Crippen LogP contribution in [0.25, 0.3) is 0 Å². The van der Waals surface area contributed by atoms with Crippen LogP contribution in [-0.2, 0) is 16.1 Å². The minimum Gasteiger partial charge on any atom is -0.467 e. The van der Waals surface area contributed by atoms with Gasteiger partial charge in [0.15, 0.2) is 6.61 Å². The largest absolute Gasteiger partial charge is 0.467 e. The summed E-state index contributed by atoms with van der Waals surface area (Å²) in [7, 11) is 0. The van der Waals surface area contributed by atoms with E-state index >= 15 is 0 Å². The van der Waals surface area contributed by atoms with Crippen LogP contribution in [0.5, 0.6) is 0 Å². The predicted molar refractivity (Wildman–Crippen MR) is 98.8 cm³/mol. The number of aromatic nitrogens is 1. The molecule has 0 aliphatic rings. The number of rotatable bonds is 6. The Labute approximate surface area is 159 Å². The van der Waals surface area contributed by atoms with E-state index in [4.69, 9.17) is 9.15 Å². The summed E-state index contributed by atoms with van der Waals surface area (Å²) in [5, 5.41) is 3.92. The van der Waals surface area contributed by atoms with Gasteiger partial charge in [-0.05, 0) is 43.5 Å². The first-order chi connectivity index (χ1) is 13.0. The molecule has 0 bridgehead atoms. The Balaban J connectivity index is 1.59. The summed E-state index contributed by atoms with van der Waals surface area (Å²) in [4.78, 5) is 36.4. The SMILES string of the molecule is Cc1cc(C(=O)OCC(=O)NC(=O)c2cccs2)c(C)n1Cc1ccco1. The minimum atomic E-state index is -0.675. The Bertz CT molecular complexity index is 955. The fraction of sp³-hybridized carbons (Fsp3) is 0.211. The molecule has 3 rings (SSSR count). The van der Waals surface area contributed by atoms with Gasteiger partial charge in [-0.2, -0.15) is 0 Å². The lowest BCUT2D eigenvalue weighted by molar-refractivity contribution is -0.123. The van der Waals surface area contributed by atoms with Gasteiger partial charge in [0.25, 0.3) is 11.8 Å². The van der Waals surface area contributed by atoms with Crippen LogP contribution in [0.4, 0.5) is 0 Å². The van der Waals surface area contributed by atoms with Crippen LogP contribution in [0.15, 0.2) is 46.4 Å². The number of hydrogen-bond acceptors (Lipinski definition) is 6. The number of hydrogen-bond donors (Lipinski definition) is 1. The van der Waals surface area contributed by atoms with Gasteiger partial charge in [0.2, 0.25) is 0 Å². The second-order valence-corrected chi connectivity index (χ2v) is 6.83. The van der Waals surface area contributed by atoms with Crippen molar-refractivity contribution in [3.63, 3.8) is 0 Å². The first kappa shape index (κ1) is 18.7. The van der Waals surface area contributed by atoms with Crippen molar-refractivity contribution in [3.8, 4) is 0 Å². The monoisotopic (exact) mass is 386 g/mol. The number of nitrogens with one attached hydrogen (secondary N) is 1. The molecule has 140 valence electrons. The quantitative estimate of drug-likeness (QED) is 0.658. The van der Waals surface area contributed by atoms with Gasteiger partial charge in [-0.3, -0.25) is 14.9 Å². The highest BCUT2D eigenvalue weighted by molar-refractivity contribution is 7.12. The molecule has 0 saturated carbocycles. The van der Waals surface area contributed by atoms with E-state index in [1.165, 1.54) is 11.3 Å². The summed E-state index contributed by atoms with van der Waals surface area (Å²) in [6.07, 6.45) is 1.59. The van der Waals surface area contributed by atoms with Crippen LogP contribution in [0.2, 0.25) is 0 Å². The van der Waals surface area contributed by atoms with Crippen LogP contribution in [0.3, 0.4) is 0 Å². The van der Waals surface area contributed by atoms with E-state index in [-0.39, 0.29) is 0 Å². The third-order valence-electron chi connectivity index (χ3n) is 4.02. The summed E-state index contributed by atoms with van der Waals surface area (Å²) in [6, 6.07) is 8.67. The van der Waals surface area contributed by atoms with E-state index in [1.807, 2.05) is 17.6 Å². The molecule has 7 nitrogen and oxygen atoms in total. The first-order valence-electron chi connectivity index (χ1n) is 8.19. The zero-order valence-corrected chi connectivity index (χ0v) is 15.7. The Kier molecular flexibility index (Phi) is 5.56. The lowest BCUT2D eigenvalue weighted by atomic mass is 10.2. The summed E-state index contributed by atoms with van der Waals surface area (Å²) < 4.78 is 12.3. The fourth-order valence-electron chi connectivity index (χ4n) is 2.65. The number of amides is 2. The van der Waals surface area contributed by atoms with Crippen molar-refractivity contribution in [2.75, 3.05) is 6.61 Å². The Hall–Kier alpha value is -3.13. The van der Waals surface area contributed by atoms with E-state index < -0.39 is 24.4 Å². The number of carbonyl (C=O) groups excluding carboxylic acids is 3. The van der Waals surface area contributed by atoms with Crippen LogP contribution >= 0.6 is 11.3 Å². The molecule has 2 amide bonds. The number of ether oxygens (including phenoxy) is 1. The van der Waals surface area contributed by atoms with Gasteiger partial charge in [0.1, 0.15) is 5.76 Å². The lowest BCUT2D eigenvalue weighted by Crippen LogP contribution is -2.33. The number of carbonyl (C=O) groups is 3. The zero-order chi connectivity index (χ0) is 19.4. The van der Waals surface area contributed by atoms with Gasteiger partial charge in [-0.15, -0.1) is 11.3 Å². The van der Waals surface area contributed by atoms with Crippen molar-refractivity contribution in [1.82, 2.24) is 9.88 Å². The maximum Gasteiger partial charge on any atom is 0.340 e. The molecule has 3 aromatic rings. The maximum atomic E-state index is 12.3. The van der Waals surface area contributed by atoms with Gasteiger partial charge in [-0.25, -0.2) is 4.79 Å². The molecule has 0 unspecified atom stereocenters. The first-order valence-corrected chi connectivity index (χ1v) is 9.07. The molecule has 0 aromatic carbocycles. The molecule has 0 fully saturated rings. The molecule has 1 N–H and O–H groups in total. The maximum absolute atomic E-state index is 12.3. The van der Waals surface area contributed by atoms with E-state index in [0.717, 1.165) is 11.5 Å². The number of furan rings is 1.